The lowest BCUT2D eigenvalue weighted by molar-refractivity contribution is -0.115. The maximum atomic E-state index is 12.2. The Hall–Kier alpha value is -2.05. The minimum absolute atomic E-state index is 0.000370. The Morgan fingerprint density at radius 3 is 2.39 bits per heavy atom. The van der Waals surface area contributed by atoms with E-state index in [1.54, 1.807) is 26.0 Å². The van der Waals surface area contributed by atoms with Crippen molar-refractivity contribution >= 4 is 33.3 Å². The van der Waals surface area contributed by atoms with E-state index in [2.05, 4.69) is 5.32 Å². The fraction of sp³-hybridized carbons (Fsp3) is 0.188. The van der Waals surface area contributed by atoms with E-state index in [1.165, 1.54) is 30.3 Å². The van der Waals surface area contributed by atoms with Crippen molar-refractivity contribution < 1.29 is 17.4 Å². The van der Waals surface area contributed by atoms with Gasteiger partial charge in [0.05, 0.1) is 0 Å². The first-order valence-electron chi connectivity index (χ1n) is 6.92. The number of rotatable bonds is 5. The van der Waals surface area contributed by atoms with Crippen LogP contribution >= 0.6 is 11.6 Å². The fourth-order valence-corrected chi connectivity index (χ4v) is 2.84. The summed E-state index contributed by atoms with van der Waals surface area (Å²) in [5.74, 6) is 0.0451. The third kappa shape index (κ3) is 4.46. The molecule has 0 saturated carbocycles. The van der Waals surface area contributed by atoms with Gasteiger partial charge in [-0.15, -0.1) is 0 Å². The molecule has 0 heterocycles. The molecule has 2 aromatic carbocycles. The lowest BCUT2D eigenvalue weighted by Crippen LogP contribution is -2.11. The molecule has 0 aliphatic rings. The Labute approximate surface area is 140 Å². The number of hydrogen-bond acceptors (Lipinski definition) is 4. The van der Waals surface area contributed by atoms with E-state index in [9.17, 15) is 13.2 Å². The van der Waals surface area contributed by atoms with E-state index < -0.39 is 10.1 Å². The largest absolute Gasteiger partial charge is 0.379 e. The summed E-state index contributed by atoms with van der Waals surface area (Å²) in [5.41, 5.74) is 1.25. The third-order valence-corrected chi connectivity index (χ3v) is 4.77. The van der Waals surface area contributed by atoms with Crippen LogP contribution in [-0.4, -0.2) is 14.3 Å². The lowest BCUT2D eigenvalue weighted by atomic mass is 10.2. The van der Waals surface area contributed by atoms with Crippen LogP contribution in [0.2, 0.25) is 5.02 Å². The lowest BCUT2D eigenvalue weighted by Gasteiger charge is -2.09. The molecule has 0 saturated heterocycles. The topological polar surface area (TPSA) is 72.5 Å². The summed E-state index contributed by atoms with van der Waals surface area (Å²) in [5, 5.41) is 3.18. The van der Waals surface area contributed by atoms with Crippen LogP contribution in [-0.2, 0) is 14.9 Å². The van der Waals surface area contributed by atoms with Crippen molar-refractivity contribution in [2.75, 3.05) is 5.32 Å². The molecule has 0 unspecified atom stereocenters. The zero-order valence-electron chi connectivity index (χ0n) is 12.7. The molecule has 23 heavy (non-hydrogen) atoms. The van der Waals surface area contributed by atoms with Gasteiger partial charge in [0.1, 0.15) is 10.6 Å². The molecule has 0 bridgehead atoms. The van der Waals surface area contributed by atoms with Crippen LogP contribution in [0.4, 0.5) is 5.69 Å². The molecule has 0 spiro atoms. The van der Waals surface area contributed by atoms with Crippen molar-refractivity contribution in [3.63, 3.8) is 0 Å². The highest BCUT2D eigenvalue weighted by molar-refractivity contribution is 7.87. The highest BCUT2D eigenvalue weighted by atomic mass is 35.5. The van der Waals surface area contributed by atoms with Gasteiger partial charge >= 0.3 is 10.1 Å². The molecule has 2 rings (SSSR count). The van der Waals surface area contributed by atoms with Crippen LogP contribution in [0.3, 0.4) is 0 Å². The van der Waals surface area contributed by atoms with E-state index in [4.69, 9.17) is 15.8 Å². The maximum absolute atomic E-state index is 12.2. The molecule has 0 aliphatic carbocycles. The molecule has 2 aromatic rings. The van der Waals surface area contributed by atoms with Crippen molar-refractivity contribution in [3.05, 3.63) is 53.1 Å². The minimum atomic E-state index is -3.95. The molecule has 0 aromatic heterocycles. The number of carbonyl (C=O) groups excluding carboxylic acids is 1. The normalized spacial score (nSPS) is 11.1. The molecule has 0 atom stereocenters. The summed E-state index contributed by atoms with van der Waals surface area (Å²) in [4.78, 5) is 11.3. The summed E-state index contributed by atoms with van der Waals surface area (Å²) in [6.45, 7) is 3.49. The van der Waals surface area contributed by atoms with Gasteiger partial charge in [-0.2, -0.15) is 8.42 Å². The first kappa shape index (κ1) is 17.3. The Balaban J connectivity index is 2.18. The molecule has 7 heteroatoms. The second-order valence-electron chi connectivity index (χ2n) is 4.87. The van der Waals surface area contributed by atoms with E-state index in [0.717, 1.165) is 5.56 Å². The standard InChI is InChI=1S/C16H16ClNO4S/c1-3-16(19)18-12-4-7-14(8-5-12)23(20,21)22-13-6-9-15(17)11(2)10-13/h4-10H,3H2,1-2H3,(H,18,19). The number of nitrogens with one attached hydrogen (secondary N) is 1. The average Bonchev–Trinajstić information content (AvgIpc) is 2.51. The number of anilines is 1. The van der Waals surface area contributed by atoms with Gasteiger partial charge in [0, 0.05) is 17.1 Å². The van der Waals surface area contributed by atoms with Crippen LogP contribution in [0, 0.1) is 6.92 Å². The van der Waals surface area contributed by atoms with Crippen molar-refractivity contribution in [1.82, 2.24) is 0 Å². The quantitative estimate of drug-likeness (QED) is 0.830. The molecular formula is C16H16ClNO4S. The summed E-state index contributed by atoms with van der Waals surface area (Å²) in [6, 6.07) is 10.4. The number of halogens is 1. The van der Waals surface area contributed by atoms with E-state index in [-0.39, 0.29) is 16.6 Å². The van der Waals surface area contributed by atoms with Gasteiger partial charge in [0.25, 0.3) is 0 Å². The number of amides is 1. The molecule has 0 radical (unpaired) electrons. The Morgan fingerprint density at radius 1 is 1.17 bits per heavy atom. The van der Waals surface area contributed by atoms with Gasteiger partial charge in [-0.05, 0) is 55.0 Å². The highest BCUT2D eigenvalue weighted by Gasteiger charge is 2.17. The van der Waals surface area contributed by atoms with Crippen molar-refractivity contribution in [2.24, 2.45) is 0 Å². The summed E-state index contributed by atoms with van der Waals surface area (Å²) >= 11 is 5.90. The van der Waals surface area contributed by atoms with Crippen LogP contribution in [0.15, 0.2) is 47.4 Å². The number of hydrogen-bond donors (Lipinski definition) is 1. The van der Waals surface area contributed by atoms with Gasteiger partial charge < -0.3 is 9.50 Å². The van der Waals surface area contributed by atoms with Crippen LogP contribution in [0.25, 0.3) is 0 Å². The van der Waals surface area contributed by atoms with Crippen molar-refractivity contribution in [1.29, 1.82) is 0 Å². The Kier molecular flexibility index (Phi) is 5.28. The monoisotopic (exact) mass is 353 g/mol. The van der Waals surface area contributed by atoms with Crippen LogP contribution < -0.4 is 9.50 Å². The van der Waals surface area contributed by atoms with Crippen LogP contribution in [0.5, 0.6) is 5.75 Å². The van der Waals surface area contributed by atoms with Gasteiger partial charge in [0.15, 0.2) is 0 Å². The van der Waals surface area contributed by atoms with E-state index in [1.807, 2.05) is 0 Å². The number of aryl methyl sites for hydroxylation is 1. The van der Waals surface area contributed by atoms with Gasteiger partial charge in [-0.3, -0.25) is 4.79 Å². The summed E-state index contributed by atoms with van der Waals surface area (Å²) in [6.07, 6.45) is 0.346. The molecule has 1 amide bonds. The molecule has 0 fully saturated rings. The SMILES string of the molecule is CCC(=O)Nc1ccc(S(=O)(=O)Oc2ccc(Cl)c(C)c2)cc1. The third-order valence-electron chi connectivity index (χ3n) is 3.08. The second-order valence-corrected chi connectivity index (χ2v) is 6.83. The average molecular weight is 354 g/mol. The van der Waals surface area contributed by atoms with Crippen molar-refractivity contribution in [2.45, 2.75) is 25.2 Å². The zero-order chi connectivity index (χ0) is 17.0. The van der Waals surface area contributed by atoms with Gasteiger partial charge in [-0.25, -0.2) is 0 Å². The fourth-order valence-electron chi connectivity index (χ4n) is 1.80. The molecule has 122 valence electrons. The van der Waals surface area contributed by atoms with Crippen LogP contribution in [0.1, 0.15) is 18.9 Å². The predicted octanol–water partition coefficient (Wildman–Crippen LogP) is 3.76. The first-order valence-corrected chi connectivity index (χ1v) is 8.71. The molecular weight excluding hydrogens is 338 g/mol. The van der Waals surface area contributed by atoms with E-state index in [0.29, 0.717) is 17.1 Å². The number of carbonyl (C=O) groups is 1. The smallest absolute Gasteiger partial charge is 0.339 e. The highest BCUT2D eigenvalue weighted by Crippen LogP contribution is 2.24. The maximum Gasteiger partial charge on any atom is 0.339 e. The van der Waals surface area contributed by atoms with Gasteiger partial charge in [0.2, 0.25) is 5.91 Å². The predicted molar refractivity (Wildman–Crippen MR) is 89.4 cm³/mol. The Bertz CT molecular complexity index is 816. The molecule has 5 nitrogen and oxygen atoms in total. The van der Waals surface area contributed by atoms with E-state index >= 15 is 0 Å². The Morgan fingerprint density at radius 2 is 1.83 bits per heavy atom. The minimum Gasteiger partial charge on any atom is -0.379 e. The zero-order valence-corrected chi connectivity index (χ0v) is 14.2. The molecule has 0 aliphatic heterocycles. The van der Waals surface area contributed by atoms with Gasteiger partial charge in [-0.1, -0.05) is 18.5 Å². The second kappa shape index (κ2) is 7.02. The summed E-state index contributed by atoms with van der Waals surface area (Å²) < 4.78 is 29.6. The first-order chi connectivity index (χ1) is 10.8. The molecule has 1 N–H and O–H groups in total. The number of benzene rings is 2. The summed E-state index contributed by atoms with van der Waals surface area (Å²) in [7, 11) is -3.95. The van der Waals surface area contributed by atoms with Crippen molar-refractivity contribution in [3.8, 4) is 5.75 Å².